The van der Waals surface area contributed by atoms with Gasteiger partial charge in [-0.15, -0.1) is 24.0 Å². The third kappa shape index (κ3) is 9.32. The molecule has 0 bridgehead atoms. The zero-order valence-corrected chi connectivity index (χ0v) is 16.4. The molecular weight excluding hydrogens is 381 g/mol. The van der Waals surface area contributed by atoms with E-state index in [-0.39, 0.29) is 24.0 Å². The van der Waals surface area contributed by atoms with Crippen LogP contribution >= 0.6 is 35.7 Å². The maximum atomic E-state index is 4.68. The van der Waals surface area contributed by atoms with Crippen LogP contribution in [0.4, 0.5) is 0 Å². The number of nitrogens with one attached hydrogen (secondary N) is 2. The van der Waals surface area contributed by atoms with Gasteiger partial charge >= 0.3 is 0 Å². The number of aliphatic imine (C=N–C) groups is 1. The fraction of sp³-hybridized carbons (Fsp3) is 0.933. The van der Waals surface area contributed by atoms with Crippen LogP contribution in [0.2, 0.25) is 0 Å². The molecule has 1 aliphatic carbocycles. The lowest BCUT2D eigenvalue weighted by Gasteiger charge is -2.28. The molecular formula is C15H32IN3S. The fourth-order valence-electron chi connectivity index (χ4n) is 2.47. The summed E-state index contributed by atoms with van der Waals surface area (Å²) >= 11 is 1.92. The van der Waals surface area contributed by atoms with Crippen molar-refractivity contribution in [3.05, 3.63) is 0 Å². The largest absolute Gasteiger partial charge is 0.357 e. The van der Waals surface area contributed by atoms with Crippen molar-refractivity contribution in [3.63, 3.8) is 0 Å². The monoisotopic (exact) mass is 413 g/mol. The number of hydrogen-bond donors (Lipinski definition) is 2. The van der Waals surface area contributed by atoms with E-state index in [4.69, 9.17) is 0 Å². The molecule has 1 rings (SSSR count). The Morgan fingerprint density at radius 2 is 1.90 bits per heavy atom. The van der Waals surface area contributed by atoms with E-state index in [0.29, 0.717) is 6.04 Å². The summed E-state index contributed by atoms with van der Waals surface area (Å²) in [6.45, 7) is 6.38. The van der Waals surface area contributed by atoms with E-state index in [1.165, 1.54) is 44.3 Å². The molecule has 0 aromatic heterocycles. The number of rotatable bonds is 7. The van der Waals surface area contributed by atoms with E-state index in [1.807, 2.05) is 11.8 Å². The van der Waals surface area contributed by atoms with E-state index < -0.39 is 0 Å². The maximum absolute atomic E-state index is 4.68. The second-order valence-electron chi connectivity index (χ2n) is 5.56. The van der Waals surface area contributed by atoms with Crippen LogP contribution in [0.15, 0.2) is 4.99 Å². The van der Waals surface area contributed by atoms with Crippen molar-refractivity contribution in [2.24, 2.45) is 10.9 Å². The first-order valence-electron chi connectivity index (χ1n) is 7.80. The molecule has 0 saturated heterocycles. The molecule has 0 heterocycles. The molecule has 0 amide bonds. The normalized spacial score (nSPS) is 23.1. The van der Waals surface area contributed by atoms with Crippen LogP contribution in [0.3, 0.4) is 0 Å². The summed E-state index contributed by atoms with van der Waals surface area (Å²) in [6.07, 6.45) is 9.91. The van der Waals surface area contributed by atoms with Crippen molar-refractivity contribution >= 4 is 41.7 Å². The molecule has 0 atom stereocenters. The zero-order chi connectivity index (χ0) is 13.9. The summed E-state index contributed by atoms with van der Waals surface area (Å²) in [6, 6.07) is 0.625. The summed E-state index contributed by atoms with van der Waals surface area (Å²) in [5.41, 5.74) is 0. The Balaban J connectivity index is 0.00000361. The Labute approximate surface area is 146 Å². The highest BCUT2D eigenvalue weighted by molar-refractivity contribution is 14.0. The highest BCUT2D eigenvalue weighted by atomic mass is 127. The Morgan fingerprint density at radius 3 is 2.50 bits per heavy atom. The number of halogens is 1. The molecule has 20 heavy (non-hydrogen) atoms. The second-order valence-corrected chi connectivity index (χ2v) is 6.55. The Bertz CT molecular complexity index is 254. The minimum absolute atomic E-state index is 0. The molecule has 3 nitrogen and oxygen atoms in total. The minimum Gasteiger partial charge on any atom is -0.357 e. The smallest absolute Gasteiger partial charge is 0.191 e. The van der Waals surface area contributed by atoms with Gasteiger partial charge in [0.15, 0.2) is 5.96 Å². The number of unbranched alkanes of at least 4 members (excludes halogenated alkanes) is 1. The predicted octanol–water partition coefficient (Wildman–Crippen LogP) is 3.88. The van der Waals surface area contributed by atoms with Gasteiger partial charge in [0.1, 0.15) is 0 Å². The van der Waals surface area contributed by atoms with E-state index in [0.717, 1.165) is 25.0 Å². The first-order valence-corrected chi connectivity index (χ1v) is 9.19. The molecule has 5 heteroatoms. The van der Waals surface area contributed by atoms with Gasteiger partial charge in [0.2, 0.25) is 0 Å². The highest BCUT2D eigenvalue weighted by Gasteiger charge is 2.18. The van der Waals surface area contributed by atoms with Crippen LogP contribution < -0.4 is 10.6 Å². The SMILES string of the molecule is CCNC(=NCCCCSC)NC1CCC(C)CC1.I. The summed E-state index contributed by atoms with van der Waals surface area (Å²) < 4.78 is 0. The second kappa shape index (κ2) is 13.0. The van der Waals surface area contributed by atoms with E-state index in [1.54, 1.807) is 0 Å². The summed E-state index contributed by atoms with van der Waals surface area (Å²) in [4.78, 5) is 4.68. The molecule has 1 saturated carbocycles. The van der Waals surface area contributed by atoms with Crippen LogP contribution in [-0.2, 0) is 0 Å². The topological polar surface area (TPSA) is 36.4 Å². The van der Waals surface area contributed by atoms with Gasteiger partial charge in [0, 0.05) is 19.1 Å². The van der Waals surface area contributed by atoms with Crippen LogP contribution in [-0.4, -0.2) is 37.1 Å². The van der Waals surface area contributed by atoms with Gasteiger partial charge in [-0.25, -0.2) is 0 Å². The standard InChI is InChI=1S/C15H31N3S.HI/c1-4-16-15(17-11-5-6-12-19-3)18-14-9-7-13(2)8-10-14;/h13-14H,4-12H2,1-3H3,(H2,16,17,18);1H. The van der Waals surface area contributed by atoms with E-state index in [9.17, 15) is 0 Å². The lowest BCUT2D eigenvalue weighted by molar-refractivity contribution is 0.329. The van der Waals surface area contributed by atoms with Crippen LogP contribution in [0.1, 0.15) is 52.4 Å². The summed E-state index contributed by atoms with van der Waals surface area (Å²) in [5, 5.41) is 6.97. The predicted molar refractivity (Wildman–Crippen MR) is 104 cm³/mol. The van der Waals surface area contributed by atoms with Gasteiger partial charge in [-0.05, 0) is 63.4 Å². The van der Waals surface area contributed by atoms with Gasteiger partial charge in [0.25, 0.3) is 0 Å². The van der Waals surface area contributed by atoms with Crippen molar-refractivity contribution in [2.75, 3.05) is 25.1 Å². The average molecular weight is 413 g/mol. The molecule has 0 unspecified atom stereocenters. The van der Waals surface area contributed by atoms with E-state index in [2.05, 4.69) is 35.7 Å². The summed E-state index contributed by atoms with van der Waals surface area (Å²) in [7, 11) is 0. The number of thioether (sulfide) groups is 1. The first-order chi connectivity index (χ1) is 9.26. The molecule has 0 aromatic rings. The Kier molecular flexibility index (Phi) is 13.3. The molecule has 0 aromatic carbocycles. The van der Waals surface area contributed by atoms with Crippen LogP contribution in [0, 0.1) is 5.92 Å². The van der Waals surface area contributed by atoms with Gasteiger partial charge in [-0.1, -0.05) is 6.92 Å². The first kappa shape index (κ1) is 20.3. The lowest BCUT2D eigenvalue weighted by Crippen LogP contribution is -2.44. The number of hydrogen-bond acceptors (Lipinski definition) is 2. The van der Waals surface area contributed by atoms with Crippen molar-refractivity contribution in [3.8, 4) is 0 Å². The van der Waals surface area contributed by atoms with Crippen molar-refractivity contribution in [2.45, 2.75) is 58.4 Å². The maximum Gasteiger partial charge on any atom is 0.191 e. The molecule has 0 radical (unpaired) electrons. The molecule has 2 N–H and O–H groups in total. The summed E-state index contributed by atoms with van der Waals surface area (Å²) in [5.74, 6) is 3.18. The van der Waals surface area contributed by atoms with Gasteiger partial charge in [-0.2, -0.15) is 11.8 Å². The molecule has 1 fully saturated rings. The van der Waals surface area contributed by atoms with Crippen LogP contribution in [0.25, 0.3) is 0 Å². The molecule has 0 aliphatic heterocycles. The van der Waals surface area contributed by atoms with Crippen molar-refractivity contribution in [1.82, 2.24) is 10.6 Å². The van der Waals surface area contributed by atoms with Gasteiger partial charge in [-0.3, -0.25) is 4.99 Å². The van der Waals surface area contributed by atoms with Gasteiger partial charge in [0.05, 0.1) is 0 Å². The third-order valence-corrected chi connectivity index (χ3v) is 4.42. The molecule has 1 aliphatic rings. The molecule has 120 valence electrons. The molecule has 0 spiro atoms. The lowest BCUT2D eigenvalue weighted by atomic mass is 9.87. The number of guanidine groups is 1. The van der Waals surface area contributed by atoms with Crippen LogP contribution in [0.5, 0.6) is 0 Å². The highest BCUT2D eigenvalue weighted by Crippen LogP contribution is 2.23. The third-order valence-electron chi connectivity index (χ3n) is 3.73. The number of nitrogens with zero attached hydrogens (tertiary/aromatic N) is 1. The Hall–Kier alpha value is 0.350. The zero-order valence-electron chi connectivity index (χ0n) is 13.3. The minimum atomic E-state index is 0. The Morgan fingerprint density at radius 1 is 1.20 bits per heavy atom. The van der Waals surface area contributed by atoms with E-state index >= 15 is 0 Å². The average Bonchev–Trinajstić information content (AvgIpc) is 2.41. The quantitative estimate of drug-likeness (QED) is 0.288. The van der Waals surface area contributed by atoms with Crippen molar-refractivity contribution in [1.29, 1.82) is 0 Å². The van der Waals surface area contributed by atoms with Crippen molar-refractivity contribution < 1.29 is 0 Å². The van der Waals surface area contributed by atoms with Gasteiger partial charge < -0.3 is 10.6 Å². The fourth-order valence-corrected chi connectivity index (χ4v) is 2.96.